The molecule has 0 bridgehead atoms. The van der Waals surface area contributed by atoms with E-state index >= 15 is 0 Å². The molecule has 11 nitrogen and oxygen atoms in total. The highest BCUT2D eigenvalue weighted by Crippen LogP contribution is 2.01. The summed E-state index contributed by atoms with van der Waals surface area (Å²) in [4.78, 5) is 58.5. The molecule has 0 aromatic heterocycles. The van der Waals surface area contributed by atoms with Crippen LogP contribution in [0.3, 0.4) is 0 Å². The Labute approximate surface area is 162 Å². The van der Waals surface area contributed by atoms with Crippen molar-refractivity contribution >= 4 is 42.2 Å². The highest BCUT2D eigenvalue weighted by molar-refractivity contribution is 7.80. The molecule has 0 radical (unpaired) electrons. The molecular weight excluding hydrogens is 378 g/mol. The van der Waals surface area contributed by atoms with Crippen molar-refractivity contribution in [3.8, 4) is 0 Å². The third-order valence-electron chi connectivity index (χ3n) is 3.61. The van der Waals surface area contributed by atoms with E-state index in [-0.39, 0.29) is 11.7 Å². The maximum atomic E-state index is 12.3. The summed E-state index contributed by atoms with van der Waals surface area (Å²) in [5.74, 6) is -4.73. The van der Waals surface area contributed by atoms with Crippen LogP contribution in [-0.2, 0) is 24.0 Å². The van der Waals surface area contributed by atoms with Gasteiger partial charge in [0.1, 0.15) is 18.1 Å². The van der Waals surface area contributed by atoms with Crippen LogP contribution in [0, 0.1) is 5.92 Å². The molecule has 4 amide bonds. The maximum Gasteiger partial charge on any atom is 0.327 e. The Hall–Kier alpha value is -2.34. The number of nitrogens with two attached hydrogens (primary N) is 2. The Morgan fingerprint density at radius 3 is 1.85 bits per heavy atom. The number of nitrogens with one attached hydrogen (secondary N) is 3. The number of primary amides is 1. The molecule has 0 aromatic carbocycles. The van der Waals surface area contributed by atoms with Gasteiger partial charge < -0.3 is 32.5 Å². The molecule has 8 N–H and O–H groups in total. The molecule has 0 heterocycles. The van der Waals surface area contributed by atoms with E-state index in [4.69, 9.17) is 16.6 Å². The molecule has 0 rings (SSSR count). The number of amides is 4. The summed E-state index contributed by atoms with van der Waals surface area (Å²) in [7, 11) is 0. The monoisotopic (exact) mass is 405 g/mol. The van der Waals surface area contributed by atoms with Crippen LogP contribution in [0.1, 0.15) is 27.2 Å². The van der Waals surface area contributed by atoms with E-state index in [2.05, 4.69) is 28.6 Å². The van der Waals surface area contributed by atoms with Crippen LogP contribution in [0.15, 0.2) is 0 Å². The summed E-state index contributed by atoms with van der Waals surface area (Å²) in [5, 5.41) is 15.7. The molecule has 0 aromatic rings. The molecule has 0 aliphatic rings. The molecule has 0 spiro atoms. The first-order valence-electron chi connectivity index (χ1n) is 8.19. The lowest BCUT2D eigenvalue weighted by molar-refractivity contribution is -0.141. The van der Waals surface area contributed by atoms with Crippen molar-refractivity contribution in [2.24, 2.45) is 17.4 Å². The predicted octanol–water partition coefficient (Wildman–Crippen LogP) is -2.67. The minimum atomic E-state index is -1.32. The summed E-state index contributed by atoms with van der Waals surface area (Å²) in [5.41, 5.74) is 10.8. The van der Waals surface area contributed by atoms with Gasteiger partial charge in [-0.1, -0.05) is 13.8 Å². The van der Waals surface area contributed by atoms with Crippen molar-refractivity contribution in [3.05, 3.63) is 0 Å². The zero-order valence-electron chi connectivity index (χ0n) is 15.4. The van der Waals surface area contributed by atoms with Crippen LogP contribution in [0.2, 0.25) is 0 Å². The van der Waals surface area contributed by atoms with Crippen LogP contribution < -0.4 is 27.4 Å². The average molecular weight is 405 g/mol. The fraction of sp³-hybridized carbons (Fsp3) is 0.667. The van der Waals surface area contributed by atoms with Crippen LogP contribution in [0.25, 0.3) is 0 Å². The molecule has 0 saturated carbocycles. The quantitative estimate of drug-likeness (QED) is 0.182. The first-order valence-corrected chi connectivity index (χ1v) is 8.82. The molecule has 154 valence electrons. The average Bonchev–Trinajstić information content (AvgIpc) is 2.56. The summed E-state index contributed by atoms with van der Waals surface area (Å²) < 4.78 is 0. The van der Waals surface area contributed by atoms with E-state index in [1.54, 1.807) is 13.8 Å². The standard InChI is InChI=1S/C15H27N5O6S/c1-6(2)11(17)14(24)19-8(4-10(16)21)13(23)18-7(3)12(22)20-9(5-27)15(25)26/h6-9,11,27H,4-5,17H2,1-3H3,(H2,16,21)(H,18,23)(H,19,24)(H,20,22)(H,25,26). The van der Waals surface area contributed by atoms with Gasteiger partial charge in [0.2, 0.25) is 23.6 Å². The first-order chi connectivity index (χ1) is 12.4. The highest BCUT2D eigenvalue weighted by Gasteiger charge is 2.29. The zero-order chi connectivity index (χ0) is 21.3. The molecule has 0 aliphatic heterocycles. The largest absolute Gasteiger partial charge is 0.480 e. The number of hydrogen-bond donors (Lipinski definition) is 7. The van der Waals surface area contributed by atoms with E-state index in [0.29, 0.717) is 0 Å². The Kier molecular flexibility index (Phi) is 10.4. The molecule has 4 unspecified atom stereocenters. The van der Waals surface area contributed by atoms with Crippen molar-refractivity contribution in [2.45, 2.75) is 51.4 Å². The molecule has 0 fully saturated rings. The Balaban J connectivity index is 5.02. The SMILES string of the molecule is CC(NC(=O)C(CC(N)=O)NC(=O)C(N)C(C)C)C(=O)NC(CS)C(=O)O. The lowest BCUT2D eigenvalue weighted by atomic mass is 10.0. The van der Waals surface area contributed by atoms with Crippen LogP contribution in [0.5, 0.6) is 0 Å². The molecule has 27 heavy (non-hydrogen) atoms. The van der Waals surface area contributed by atoms with Gasteiger partial charge in [-0.3, -0.25) is 19.2 Å². The van der Waals surface area contributed by atoms with E-state index in [1.165, 1.54) is 6.92 Å². The number of carbonyl (C=O) groups excluding carboxylic acids is 4. The van der Waals surface area contributed by atoms with E-state index in [9.17, 15) is 24.0 Å². The number of aliphatic carboxylic acids is 1. The topological polar surface area (TPSA) is 194 Å². The number of rotatable bonds is 11. The van der Waals surface area contributed by atoms with Crippen LogP contribution in [-0.4, -0.2) is 64.6 Å². The maximum absolute atomic E-state index is 12.3. The van der Waals surface area contributed by atoms with Gasteiger partial charge in [-0.05, 0) is 12.8 Å². The van der Waals surface area contributed by atoms with E-state index in [1.807, 2.05) is 0 Å². The lowest BCUT2D eigenvalue weighted by Crippen LogP contribution is -2.57. The van der Waals surface area contributed by atoms with E-state index in [0.717, 1.165) is 0 Å². The van der Waals surface area contributed by atoms with Crippen LogP contribution in [0.4, 0.5) is 0 Å². The minimum absolute atomic E-state index is 0.144. The number of thiol groups is 1. The summed E-state index contributed by atoms with van der Waals surface area (Å²) in [6.07, 6.45) is -0.495. The second kappa shape index (κ2) is 11.4. The highest BCUT2D eigenvalue weighted by atomic mass is 32.1. The number of carboxylic acid groups (broad SMARTS) is 1. The second-order valence-electron chi connectivity index (χ2n) is 6.31. The Morgan fingerprint density at radius 1 is 0.926 bits per heavy atom. The fourth-order valence-corrected chi connectivity index (χ4v) is 2.09. The van der Waals surface area contributed by atoms with Gasteiger partial charge in [0, 0.05) is 5.75 Å². The summed E-state index contributed by atoms with van der Waals surface area (Å²) in [6.45, 7) is 4.73. The lowest BCUT2D eigenvalue weighted by Gasteiger charge is -2.23. The molecule has 4 atom stereocenters. The van der Waals surface area contributed by atoms with Crippen molar-refractivity contribution in [1.82, 2.24) is 16.0 Å². The number of hydrogen-bond acceptors (Lipinski definition) is 7. The van der Waals surface area contributed by atoms with Gasteiger partial charge in [-0.2, -0.15) is 12.6 Å². The number of carboxylic acids is 1. The van der Waals surface area contributed by atoms with Crippen molar-refractivity contribution in [1.29, 1.82) is 0 Å². The second-order valence-corrected chi connectivity index (χ2v) is 6.68. The van der Waals surface area contributed by atoms with Crippen molar-refractivity contribution in [2.75, 3.05) is 5.75 Å². The van der Waals surface area contributed by atoms with Crippen molar-refractivity contribution < 1.29 is 29.1 Å². The van der Waals surface area contributed by atoms with E-state index < -0.39 is 60.2 Å². The molecule has 0 aliphatic carbocycles. The summed E-state index contributed by atoms with van der Waals surface area (Å²) >= 11 is 3.82. The molecular formula is C15H27N5O6S. The third kappa shape index (κ3) is 8.73. The molecule has 12 heteroatoms. The third-order valence-corrected chi connectivity index (χ3v) is 3.97. The normalized spacial score (nSPS) is 15.2. The number of carbonyl (C=O) groups is 5. The zero-order valence-corrected chi connectivity index (χ0v) is 16.3. The fourth-order valence-electron chi connectivity index (χ4n) is 1.84. The summed E-state index contributed by atoms with van der Waals surface area (Å²) in [6, 6.07) is -4.59. The van der Waals surface area contributed by atoms with Crippen molar-refractivity contribution in [3.63, 3.8) is 0 Å². The first kappa shape index (κ1) is 24.7. The predicted molar refractivity (Wildman–Crippen MR) is 99.6 cm³/mol. The van der Waals surface area contributed by atoms with Crippen LogP contribution >= 0.6 is 12.6 Å². The van der Waals surface area contributed by atoms with Gasteiger partial charge in [0.05, 0.1) is 12.5 Å². The smallest absolute Gasteiger partial charge is 0.327 e. The minimum Gasteiger partial charge on any atom is -0.480 e. The van der Waals surface area contributed by atoms with Gasteiger partial charge in [0.25, 0.3) is 0 Å². The Morgan fingerprint density at radius 2 is 1.44 bits per heavy atom. The van der Waals surface area contributed by atoms with Gasteiger partial charge in [-0.25, -0.2) is 4.79 Å². The van der Waals surface area contributed by atoms with Gasteiger partial charge in [0.15, 0.2) is 0 Å². The Bertz CT molecular complexity index is 585. The molecule has 0 saturated heterocycles. The van der Waals surface area contributed by atoms with Gasteiger partial charge >= 0.3 is 5.97 Å². The van der Waals surface area contributed by atoms with Gasteiger partial charge in [-0.15, -0.1) is 0 Å².